The van der Waals surface area contributed by atoms with E-state index >= 15 is 0 Å². The lowest BCUT2D eigenvalue weighted by molar-refractivity contribution is -0.130. The van der Waals surface area contributed by atoms with Crippen LogP contribution >= 0.6 is 0 Å². The van der Waals surface area contributed by atoms with Crippen LogP contribution in [0.1, 0.15) is 82.1 Å². The number of rotatable bonds is 6. The largest absolute Gasteiger partial charge is 0.496 e. The Labute approximate surface area is 229 Å². The van der Waals surface area contributed by atoms with E-state index in [0.717, 1.165) is 43.0 Å². The first-order valence-electron chi connectivity index (χ1n) is 14.1. The van der Waals surface area contributed by atoms with Gasteiger partial charge in [0.15, 0.2) is 0 Å². The van der Waals surface area contributed by atoms with E-state index in [2.05, 4.69) is 21.7 Å². The highest BCUT2D eigenvalue weighted by molar-refractivity contribution is 6.02. The molecule has 0 radical (unpaired) electrons. The Morgan fingerprint density at radius 3 is 2.69 bits per heavy atom. The minimum atomic E-state index is -0.799. The van der Waals surface area contributed by atoms with Crippen LogP contribution in [-0.2, 0) is 9.59 Å². The normalized spacial score (nSPS) is 24.7. The van der Waals surface area contributed by atoms with Crippen LogP contribution < -0.4 is 15.4 Å². The van der Waals surface area contributed by atoms with Gasteiger partial charge in [0.25, 0.3) is 5.91 Å². The molecule has 2 aromatic rings. The van der Waals surface area contributed by atoms with Crippen molar-refractivity contribution in [1.82, 2.24) is 20.5 Å². The number of aromatic nitrogens is 1. The maximum atomic E-state index is 13.9. The number of benzene rings is 1. The number of methoxy groups -OCH3 is 1. The Balaban J connectivity index is 1.35. The second-order valence-electron chi connectivity index (χ2n) is 12.4. The molecule has 9 heteroatoms. The van der Waals surface area contributed by atoms with Crippen LogP contribution in [0.3, 0.4) is 0 Å². The molecule has 1 aromatic heterocycles. The molecule has 3 fully saturated rings. The predicted octanol–water partition coefficient (Wildman–Crippen LogP) is 4.04. The highest BCUT2D eigenvalue weighted by Crippen LogP contribution is 2.47. The van der Waals surface area contributed by atoms with Gasteiger partial charge in [-0.25, -0.2) is 0 Å². The fraction of sp³-hybridized carbons (Fsp3) is 0.600. The summed E-state index contributed by atoms with van der Waals surface area (Å²) in [5, 5.41) is 16.6. The summed E-state index contributed by atoms with van der Waals surface area (Å²) in [6.07, 6.45) is 7.67. The molecule has 3 amide bonds. The summed E-state index contributed by atoms with van der Waals surface area (Å²) >= 11 is 0. The van der Waals surface area contributed by atoms with E-state index in [0.29, 0.717) is 30.8 Å². The molecule has 9 nitrogen and oxygen atoms in total. The molecule has 5 rings (SSSR count). The third-order valence-corrected chi connectivity index (χ3v) is 9.00. The zero-order valence-electron chi connectivity index (χ0n) is 23.1. The zero-order chi connectivity index (χ0) is 27.8. The summed E-state index contributed by atoms with van der Waals surface area (Å²) in [6.45, 7) is 4.50. The van der Waals surface area contributed by atoms with Crippen molar-refractivity contribution in [1.29, 1.82) is 5.26 Å². The molecule has 0 unspecified atom stereocenters. The SMILES string of the molecule is COc1cccc2[nH]c(C(=O)N3CC4(CCCCC4)C[C@H]3C(=O)N[C@H](C#N)C[C@@H]3CCC(C)(C)NC3=O)cc12. The Kier molecular flexibility index (Phi) is 7.32. The molecule has 3 N–H and O–H groups in total. The first kappa shape index (κ1) is 27.0. The number of amides is 3. The van der Waals surface area contributed by atoms with Gasteiger partial charge in [-0.05, 0) is 76.0 Å². The average molecular weight is 534 g/mol. The first-order chi connectivity index (χ1) is 18.6. The van der Waals surface area contributed by atoms with Crippen LogP contribution in [-0.4, -0.2) is 58.9 Å². The number of likely N-dealkylation sites (tertiary alicyclic amines) is 1. The molecule has 1 aliphatic carbocycles. The van der Waals surface area contributed by atoms with Gasteiger partial charge in [0.1, 0.15) is 23.5 Å². The summed E-state index contributed by atoms with van der Waals surface area (Å²) in [7, 11) is 1.60. The van der Waals surface area contributed by atoms with Gasteiger partial charge in [0, 0.05) is 28.9 Å². The van der Waals surface area contributed by atoms with Crippen molar-refractivity contribution >= 4 is 28.6 Å². The summed E-state index contributed by atoms with van der Waals surface area (Å²) in [4.78, 5) is 45.1. The highest BCUT2D eigenvalue weighted by atomic mass is 16.5. The molecular weight excluding hydrogens is 494 g/mol. The quantitative estimate of drug-likeness (QED) is 0.516. The number of ether oxygens (including phenoxy) is 1. The lowest BCUT2D eigenvalue weighted by atomic mass is 9.72. The lowest BCUT2D eigenvalue weighted by Crippen LogP contribution is -2.53. The van der Waals surface area contributed by atoms with E-state index in [4.69, 9.17) is 4.74 Å². The van der Waals surface area contributed by atoms with Gasteiger partial charge in [-0.1, -0.05) is 25.3 Å². The smallest absolute Gasteiger partial charge is 0.271 e. The number of H-pyrrole nitrogens is 1. The van der Waals surface area contributed by atoms with Gasteiger partial charge < -0.3 is 25.3 Å². The summed E-state index contributed by atoms with van der Waals surface area (Å²) in [6, 6.07) is 8.12. The van der Waals surface area contributed by atoms with E-state index < -0.39 is 12.1 Å². The summed E-state index contributed by atoms with van der Waals surface area (Å²) in [5.74, 6) is -0.265. The Morgan fingerprint density at radius 1 is 1.23 bits per heavy atom. The number of aromatic amines is 1. The van der Waals surface area contributed by atoms with Crippen molar-refractivity contribution in [3.05, 3.63) is 30.0 Å². The van der Waals surface area contributed by atoms with Crippen molar-refractivity contribution < 1.29 is 19.1 Å². The zero-order valence-corrected chi connectivity index (χ0v) is 23.1. The second kappa shape index (κ2) is 10.6. The minimum Gasteiger partial charge on any atom is -0.496 e. The average Bonchev–Trinajstić information content (AvgIpc) is 3.51. The van der Waals surface area contributed by atoms with Crippen molar-refractivity contribution in [3.63, 3.8) is 0 Å². The van der Waals surface area contributed by atoms with Gasteiger partial charge >= 0.3 is 0 Å². The number of carbonyl (C=O) groups is 3. The Bertz CT molecular complexity index is 1300. The van der Waals surface area contributed by atoms with Gasteiger partial charge in [0.05, 0.1) is 13.2 Å². The number of piperidine rings is 1. The van der Waals surface area contributed by atoms with Crippen molar-refractivity contribution in [2.45, 2.75) is 89.3 Å². The summed E-state index contributed by atoms with van der Waals surface area (Å²) in [5.41, 5.74) is 0.864. The van der Waals surface area contributed by atoms with E-state index in [1.807, 2.05) is 32.0 Å². The maximum Gasteiger partial charge on any atom is 0.271 e. The van der Waals surface area contributed by atoms with Crippen LogP contribution in [0.25, 0.3) is 10.9 Å². The van der Waals surface area contributed by atoms with Crippen LogP contribution in [0.15, 0.2) is 24.3 Å². The van der Waals surface area contributed by atoms with E-state index in [1.165, 1.54) is 6.42 Å². The molecule has 2 saturated heterocycles. The van der Waals surface area contributed by atoms with Crippen molar-refractivity contribution in [2.24, 2.45) is 11.3 Å². The second-order valence-corrected chi connectivity index (χ2v) is 12.4. The van der Waals surface area contributed by atoms with Crippen LogP contribution in [0.2, 0.25) is 0 Å². The third-order valence-electron chi connectivity index (χ3n) is 9.00. The number of nitrogens with one attached hydrogen (secondary N) is 3. The number of nitrogens with zero attached hydrogens (tertiary/aromatic N) is 2. The van der Waals surface area contributed by atoms with Crippen LogP contribution in [0, 0.1) is 22.7 Å². The number of hydrogen-bond acceptors (Lipinski definition) is 5. The van der Waals surface area contributed by atoms with Crippen LogP contribution in [0.5, 0.6) is 5.75 Å². The topological polar surface area (TPSA) is 127 Å². The molecule has 2 aliphatic heterocycles. The van der Waals surface area contributed by atoms with Crippen LogP contribution in [0.4, 0.5) is 0 Å². The molecule has 3 atom stereocenters. The number of carbonyl (C=O) groups excluding carboxylic acids is 3. The number of hydrogen-bond donors (Lipinski definition) is 3. The highest BCUT2D eigenvalue weighted by Gasteiger charge is 2.49. The van der Waals surface area contributed by atoms with Gasteiger partial charge in [-0.2, -0.15) is 5.26 Å². The maximum absolute atomic E-state index is 13.9. The molecular formula is C30H39N5O4. The van der Waals surface area contributed by atoms with Gasteiger partial charge in [-0.3, -0.25) is 14.4 Å². The Hall–Kier alpha value is -3.54. The number of nitriles is 1. The number of fused-ring (bicyclic) bond motifs is 1. The predicted molar refractivity (Wildman–Crippen MR) is 147 cm³/mol. The molecule has 1 saturated carbocycles. The van der Waals surface area contributed by atoms with E-state index in [1.54, 1.807) is 18.1 Å². The van der Waals surface area contributed by atoms with Crippen molar-refractivity contribution in [3.8, 4) is 11.8 Å². The fourth-order valence-electron chi connectivity index (χ4n) is 6.83. The van der Waals surface area contributed by atoms with E-state index in [-0.39, 0.29) is 41.0 Å². The summed E-state index contributed by atoms with van der Waals surface area (Å²) < 4.78 is 5.46. The molecule has 0 bridgehead atoms. The molecule has 1 aromatic carbocycles. The molecule has 3 heterocycles. The standard InChI is InChI=1S/C30H39N5O4/c1-29(2)13-10-19(26(36)34-29)14-20(17-31)32-27(37)24-16-30(11-5-4-6-12-30)18-35(24)28(38)23-15-21-22(33-23)8-7-9-25(21)39-3/h7-9,15,19-20,24,33H,4-6,10-14,16,18H2,1-3H3,(H,32,37)(H,34,36)/t19-,20-,24-/m0/s1. The monoisotopic (exact) mass is 533 g/mol. The van der Waals surface area contributed by atoms with Gasteiger partial charge in [-0.15, -0.1) is 0 Å². The van der Waals surface area contributed by atoms with Gasteiger partial charge in [0.2, 0.25) is 11.8 Å². The lowest BCUT2D eigenvalue weighted by Gasteiger charge is -2.35. The Morgan fingerprint density at radius 2 is 2.00 bits per heavy atom. The molecule has 208 valence electrons. The molecule has 39 heavy (non-hydrogen) atoms. The van der Waals surface area contributed by atoms with Crippen molar-refractivity contribution in [2.75, 3.05) is 13.7 Å². The fourth-order valence-corrected chi connectivity index (χ4v) is 6.83. The molecule has 1 spiro atoms. The first-order valence-corrected chi connectivity index (χ1v) is 14.1. The molecule has 3 aliphatic rings. The van der Waals surface area contributed by atoms with E-state index in [9.17, 15) is 19.6 Å². The minimum absolute atomic E-state index is 0.0752. The third kappa shape index (κ3) is 5.47.